The van der Waals surface area contributed by atoms with Crippen LogP contribution in [0.15, 0.2) is 0 Å². The van der Waals surface area contributed by atoms with Crippen LogP contribution in [0.25, 0.3) is 0 Å². The normalized spacial score (nSPS) is 10.8. The van der Waals surface area contributed by atoms with Crippen molar-refractivity contribution in [3.8, 4) is 0 Å². The predicted octanol–water partition coefficient (Wildman–Crippen LogP) is 6.20. The van der Waals surface area contributed by atoms with E-state index in [1.807, 2.05) is 0 Å². The van der Waals surface area contributed by atoms with E-state index in [1.165, 1.54) is 51.5 Å². The Morgan fingerprint density at radius 1 is 0.750 bits per heavy atom. The van der Waals surface area contributed by atoms with Gasteiger partial charge in [-0.2, -0.15) is 0 Å². The molecule has 0 aromatic rings. The topological polar surface area (TPSA) is 3.24 Å². The molecule has 0 aliphatic rings. The summed E-state index contributed by atoms with van der Waals surface area (Å²) < 4.78 is 0. The van der Waals surface area contributed by atoms with E-state index in [-0.39, 0.29) is 0 Å². The lowest BCUT2D eigenvalue weighted by Crippen LogP contribution is -2.12. The van der Waals surface area contributed by atoms with E-state index in [1.54, 1.807) is 18.5 Å². The molecule has 0 aromatic carbocycles. The first-order valence-electron chi connectivity index (χ1n) is 8.55. The molecule has 0 fully saturated rings. The fraction of sp³-hybridized carbons (Fsp3) is 1.00. The van der Waals surface area contributed by atoms with Crippen molar-refractivity contribution in [3.63, 3.8) is 0 Å². The van der Waals surface area contributed by atoms with Gasteiger partial charge in [-0.15, -0.1) is 7.92 Å². The molecule has 0 atom stereocenters. The van der Waals surface area contributed by atoms with E-state index < -0.39 is 0 Å². The summed E-state index contributed by atoms with van der Waals surface area (Å²) in [6.07, 6.45) is 14.5. The second-order valence-electron chi connectivity index (χ2n) is 5.75. The number of hydrogen-bond acceptors (Lipinski definition) is 1. The molecule has 0 amide bonds. The van der Waals surface area contributed by atoms with E-state index in [0.29, 0.717) is 7.92 Å². The minimum Gasteiger partial charge on any atom is -0.309 e. The van der Waals surface area contributed by atoms with Crippen LogP contribution in [-0.2, 0) is 0 Å². The Morgan fingerprint density at radius 2 is 1.15 bits per heavy atom. The van der Waals surface area contributed by atoms with Gasteiger partial charge in [-0.3, -0.25) is 0 Å². The lowest BCUT2D eigenvalue weighted by atomic mass is 10.4. The van der Waals surface area contributed by atoms with Crippen LogP contribution in [0, 0.1) is 0 Å². The maximum Gasteiger partial charge on any atom is 0.00434 e. The molecule has 0 radical (unpaired) electrons. The highest BCUT2D eigenvalue weighted by atomic mass is 79.9. The summed E-state index contributed by atoms with van der Waals surface area (Å²) in [5.74, 6) is 0. The van der Waals surface area contributed by atoms with Gasteiger partial charge in [-0.25, -0.2) is 0 Å². The van der Waals surface area contributed by atoms with Gasteiger partial charge >= 0.3 is 0 Å². The zero-order chi connectivity index (χ0) is 15.6. The van der Waals surface area contributed by atoms with Gasteiger partial charge in [0, 0.05) is 5.33 Å². The van der Waals surface area contributed by atoms with Gasteiger partial charge in [0.15, 0.2) is 0 Å². The predicted molar refractivity (Wildman–Crippen MR) is 103 cm³/mol. The van der Waals surface area contributed by atoms with Crippen molar-refractivity contribution >= 4 is 23.9 Å². The summed E-state index contributed by atoms with van der Waals surface area (Å²) >= 11 is 3.35. The molecule has 20 heavy (non-hydrogen) atoms. The van der Waals surface area contributed by atoms with Gasteiger partial charge in [-0.05, 0) is 64.8 Å². The van der Waals surface area contributed by atoms with Crippen molar-refractivity contribution in [1.82, 2.24) is 4.90 Å². The van der Waals surface area contributed by atoms with Crippen molar-refractivity contribution in [2.24, 2.45) is 0 Å². The molecule has 0 rings (SSSR count). The van der Waals surface area contributed by atoms with Crippen molar-refractivity contribution in [2.75, 3.05) is 44.5 Å². The molecule has 0 aromatic heterocycles. The number of alkyl halides is 1. The van der Waals surface area contributed by atoms with Gasteiger partial charge in [0.2, 0.25) is 0 Å². The molecule has 0 heterocycles. The Kier molecular flexibility index (Phi) is 23.0. The Hall–Kier alpha value is 0.870. The Labute approximate surface area is 139 Å². The first kappa shape index (κ1) is 23.1. The molecule has 0 spiro atoms. The molecule has 0 unspecified atom stereocenters. The van der Waals surface area contributed by atoms with Crippen molar-refractivity contribution < 1.29 is 0 Å². The van der Waals surface area contributed by atoms with Gasteiger partial charge in [0.05, 0.1) is 0 Å². The number of nitrogens with zero attached hydrogens (tertiary/aromatic N) is 1. The molecule has 0 saturated heterocycles. The zero-order valence-electron chi connectivity index (χ0n) is 14.8. The van der Waals surface area contributed by atoms with E-state index in [4.69, 9.17) is 0 Å². The number of hydrogen-bond donors (Lipinski definition) is 0. The third kappa shape index (κ3) is 21.2. The standard InChI is InChI=1S/C12H27P.C5H12BrN/c1-4-7-10-13(11-8-5-2)12-9-6-3;1-7(2)5-3-4-6/h4-12H2,1-3H3;3-5H2,1-2H3. The molecule has 0 saturated carbocycles. The van der Waals surface area contributed by atoms with Crippen LogP contribution in [0.5, 0.6) is 0 Å². The third-order valence-corrected chi connectivity index (χ3v) is 6.63. The molecular weight excluding hydrogens is 329 g/mol. The fourth-order valence-corrected chi connectivity index (χ4v) is 5.07. The van der Waals surface area contributed by atoms with Gasteiger partial charge in [-0.1, -0.05) is 56.0 Å². The Bertz CT molecular complexity index is 146. The number of halogens is 1. The highest BCUT2D eigenvalue weighted by molar-refractivity contribution is 9.09. The van der Waals surface area contributed by atoms with Gasteiger partial charge in [0.25, 0.3) is 0 Å². The minimum atomic E-state index is 0.422. The van der Waals surface area contributed by atoms with E-state index in [9.17, 15) is 0 Å². The van der Waals surface area contributed by atoms with E-state index in [0.717, 1.165) is 5.33 Å². The summed E-state index contributed by atoms with van der Waals surface area (Å²) in [5.41, 5.74) is 0. The van der Waals surface area contributed by atoms with E-state index in [2.05, 4.69) is 55.7 Å². The minimum absolute atomic E-state index is 0.422. The molecule has 0 bridgehead atoms. The second-order valence-corrected chi connectivity index (χ2v) is 9.22. The largest absolute Gasteiger partial charge is 0.309 e. The number of rotatable bonds is 12. The quantitative estimate of drug-likeness (QED) is 0.293. The molecule has 0 N–H and O–H groups in total. The number of unbranched alkanes of at least 4 members (excludes halogenated alkanes) is 3. The molecule has 124 valence electrons. The van der Waals surface area contributed by atoms with Crippen LogP contribution < -0.4 is 0 Å². The molecule has 0 aliphatic heterocycles. The summed E-state index contributed by atoms with van der Waals surface area (Å²) in [6, 6.07) is 0. The third-order valence-electron chi connectivity index (χ3n) is 3.22. The van der Waals surface area contributed by atoms with Crippen LogP contribution >= 0.6 is 23.9 Å². The van der Waals surface area contributed by atoms with Crippen molar-refractivity contribution in [1.29, 1.82) is 0 Å². The highest BCUT2D eigenvalue weighted by Gasteiger charge is 2.05. The molecular formula is C17H39BrNP. The second kappa shape index (κ2) is 19.9. The zero-order valence-corrected chi connectivity index (χ0v) is 17.2. The lowest BCUT2D eigenvalue weighted by Gasteiger charge is -2.16. The SMILES string of the molecule is CCCCP(CCCC)CCCC.CN(C)CCCBr. The highest BCUT2D eigenvalue weighted by Crippen LogP contribution is 2.38. The summed E-state index contributed by atoms with van der Waals surface area (Å²) in [5, 5.41) is 1.12. The molecule has 3 heteroatoms. The summed E-state index contributed by atoms with van der Waals surface area (Å²) in [7, 11) is 4.59. The van der Waals surface area contributed by atoms with Crippen molar-refractivity contribution in [2.45, 2.75) is 65.7 Å². The van der Waals surface area contributed by atoms with Crippen molar-refractivity contribution in [3.05, 3.63) is 0 Å². The summed E-state index contributed by atoms with van der Waals surface area (Å²) in [4.78, 5) is 2.18. The van der Waals surface area contributed by atoms with Crippen LogP contribution in [0.2, 0.25) is 0 Å². The molecule has 0 aliphatic carbocycles. The Balaban J connectivity index is 0. The smallest absolute Gasteiger partial charge is 0.00434 e. The van der Waals surface area contributed by atoms with Crippen LogP contribution in [-0.4, -0.2) is 49.4 Å². The maximum atomic E-state index is 3.35. The first-order chi connectivity index (χ1) is 9.62. The average Bonchev–Trinajstić information content (AvgIpc) is 2.45. The van der Waals surface area contributed by atoms with Gasteiger partial charge in [0.1, 0.15) is 0 Å². The monoisotopic (exact) mass is 367 g/mol. The van der Waals surface area contributed by atoms with E-state index >= 15 is 0 Å². The first-order valence-corrected chi connectivity index (χ1v) is 11.6. The van der Waals surface area contributed by atoms with Crippen LogP contribution in [0.1, 0.15) is 65.7 Å². The van der Waals surface area contributed by atoms with Crippen LogP contribution in [0.3, 0.4) is 0 Å². The summed E-state index contributed by atoms with van der Waals surface area (Å²) in [6.45, 7) is 8.12. The average molecular weight is 368 g/mol. The lowest BCUT2D eigenvalue weighted by molar-refractivity contribution is 0.410. The maximum absolute atomic E-state index is 3.35. The van der Waals surface area contributed by atoms with Crippen LogP contribution in [0.4, 0.5) is 0 Å². The fourth-order valence-electron chi connectivity index (χ4n) is 1.86. The van der Waals surface area contributed by atoms with Gasteiger partial charge < -0.3 is 4.90 Å². The molecule has 1 nitrogen and oxygen atoms in total. The Morgan fingerprint density at radius 3 is 1.35 bits per heavy atom.